The minimum Gasteiger partial charge on any atom is -0.444 e. The van der Waals surface area contributed by atoms with Gasteiger partial charge in [-0.3, -0.25) is 4.68 Å². The molecule has 1 amide bonds. The summed E-state index contributed by atoms with van der Waals surface area (Å²) in [6, 6.07) is 0. The van der Waals surface area contributed by atoms with Crippen LogP contribution in [0.4, 0.5) is 4.79 Å². The molecule has 1 aromatic heterocycles. The van der Waals surface area contributed by atoms with Crippen molar-refractivity contribution >= 4 is 12.2 Å². The molecule has 2 rings (SSSR count). The van der Waals surface area contributed by atoms with Crippen LogP contribution < -0.4 is 0 Å². The first-order valence-corrected chi connectivity index (χ1v) is 8.15. The molecule has 6 heteroatoms. The summed E-state index contributed by atoms with van der Waals surface area (Å²) in [5.74, 6) is 0. The Bertz CT molecular complexity index is 641. The highest BCUT2D eigenvalue weighted by Gasteiger charge is 2.30. The summed E-state index contributed by atoms with van der Waals surface area (Å²) >= 11 is 0. The first-order valence-electron chi connectivity index (χ1n) is 8.15. The predicted molar refractivity (Wildman–Crippen MR) is 93.8 cm³/mol. The van der Waals surface area contributed by atoms with Crippen LogP contribution >= 0.6 is 0 Å². The normalized spacial score (nSPS) is 17.6. The molecule has 0 spiro atoms. The van der Waals surface area contributed by atoms with Crippen molar-refractivity contribution in [3.8, 4) is 0 Å². The maximum absolute atomic E-state index is 12.2. The van der Waals surface area contributed by atoms with Crippen LogP contribution in [0.1, 0.15) is 43.8 Å². The van der Waals surface area contributed by atoms with Crippen molar-refractivity contribution in [2.24, 2.45) is 0 Å². The van der Waals surface area contributed by atoms with Gasteiger partial charge < -0.3 is 14.4 Å². The number of nitrogens with zero attached hydrogens (tertiary/aromatic N) is 3. The Morgan fingerprint density at radius 2 is 2.25 bits per heavy atom. The van der Waals surface area contributed by atoms with Gasteiger partial charge in [-0.05, 0) is 27.7 Å². The summed E-state index contributed by atoms with van der Waals surface area (Å²) in [4.78, 5) is 13.8. The van der Waals surface area contributed by atoms with Crippen LogP contribution in [0.25, 0.3) is 6.08 Å². The van der Waals surface area contributed by atoms with E-state index in [9.17, 15) is 4.79 Å². The Labute approximate surface area is 143 Å². The van der Waals surface area contributed by atoms with Crippen LogP contribution in [0.5, 0.6) is 0 Å². The van der Waals surface area contributed by atoms with E-state index in [1.165, 1.54) is 0 Å². The number of carbonyl (C=O) groups is 1. The van der Waals surface area contributed by atoms with E-state index in [1.807, 2.05) is 44.5 Å². The third-order valence-electron chi connectivity index (χ3n) is 3.69. The molecular formula is C18H27N3O3. The van der Waals surface area contributed by atoms with Gasteiger partial charge in [0.15, 0.2) is 0 Å². The monoisotopic (exact) mass is 333 g/mol. The zero-order chi connectivity index (χ0) is 17.9. The highest BCUT2D eigenvalue weighted by Crippen LogP contribution is 2.29. The molecule has 0 saturated carbocycles. The SMILES string of the molecule is C=C/C=C\c1c(C)nn2c1C(CN(C)C(=O)OC(C)(C)C)OCC2. The number of hydrogen-bond acceptors (Lipinski definition) is 4. The van der Waals surface area contributed by atoms with Gasteiger partial charge >= 0.3 is 6.09 Å². The second-order valence-corrected chi connectivity index (χ2v) is 6.92. The lowest BCUT2D eigenvalue weighted by molar-refractivity contribution is -0.0144. The summed E-state index contributed by atoms with van der Waals surface area (Å²) in [7, 11) is 1.72. The van der Waals surface area contributed by atoms with E-state index in [4.69, 9.17) is 9.47 Å². The van der Waals surface area contributed by atoms with Crippen molar-refractivity contribution in [1.82, 2.24) is 14.7 Å². The highest BCUT2D eigenvalue weighted by molar-refractivity contribution is 5.68. The molecule has 2 heterocycles. The molecule has 1 atom stereocenters. The van der Waals surface area contributed by atoms with Crippen LogP contribution in [0.15, 0.2) is 18.7 Å². The second-order valence-electron chi connectivity index (χ2n) is 6.92. The first-order chi connectivity index (χ1) is 11.2. The molecule has 0 aliphatic carbocycles. The van der Waals surface area contributed by atoms with E-state index in [0.29, 0.717) is 19.7 Å². The maximum atomic E-state index is 12.2. The molecule has 1 aliphatic heterocycles. The molecule has 0 radical (unpaired) electrons. The third-order valence-corrected chi connectivity index (χ3v) is 3.69. The van der Waals surface area contributed by atoms with Crippen LogP contribution in [0.2, 0.25) is 0 Å². The van der Waals surface area contributed by atoms with Crippen molar-refractivity contribution in [1.29, 1.82) is 0 Å². The molecular weight excluding hydrogens is 306 g/mol. The average molecular weight is 333 g/mol. The van der Waals surface area contributed by atoms with Crippen molar-refractivity contribution in [3.05, 3.63) is 35.7 Å². The second kappa shape index (κ2) is 7.21. The Morgan fingerprint density at radius 1 is 1.54 bits per heavy atom. The number of hydrogen-bond donors (Lipinski definition) is 0. The number of fused-ring (bicyclic) bond motifs is 1. The Kier molecular flexibility index (Phi) is 5.49. The summed E-state index contributed by atoms with van der Waals surface area (Å²) in [5.41, 5.74) is 2.44. The van der Waals surface area contributed by atoms with Crippen LogP contribution in [-0.2, 0) is 16.0 Å². The van der Waals surface area contributed by atoms with E-state index in [1.54, 1.807) is 18.0 Å². The topological polar surface area (TPSA) is 56.6 Å². The van der Waals surface area contributed by atoms with Crippen LogP contribution in [0, 0.1) is 6.92 Å². The molecule has 6 nitrogen and oxygen atoms in total. The van der Waals surface area contributed by atoms with Gasteiger partial charge in [-0.25, -0.2) is 4.79 Å². The Balaban J connectivity index is 2.21. The number of ether oxygens (including phenoxy) is 2. The van der Waals surface area contributed by atoms with E-state index in [2.05, 4.69) is 11.7 Å². The molecule has 0 fully saturated rings. The fourth-order valence-electron chi connectivity index (χ4n) is 2.66. The number of allylic oxidation sites excluding steroid dienone is 2. The zero-order valence-electron chi connectivity index (χ0n) is 15.2. The van der Waals surface area contributed by atoms with Crippen LogP contribution in [-0.4, -0.2) is 46.6 Å². The lowest BCUT2D eigenvalue weighted by atomic mass is 10.1. The standard InChI is InChI=1S/C18H27N3O3/c1-7-8-9-14-13(2)19-21-10-11-23-15(16(14)21)12-20(6)17(22)24-18(3,4)5/h7-9,15H,1,10-12H2,2-6H3/b9-8-. The molecule has 1 unspecified atom stereocenters. The van der Waals surface area contributed by atoms with E-state index in [0.717, 1.165) is 17.0 Å². The van der Waals surface area contributed by atoms with E-state index < -0.39 is 5.60 Å². The zero-order valence-corrected chi connectivity index (χ0v) is 15.2. The highest BCUT2D eigenvalue weighted by atomic mass is 16.6. The average Bonchev–Trinajstić information content (AvgIpc) is 2.79. The van der Waals surface area contributed by atoms with Crippen molar-refractivity contribution in [2.75, 3.05) is 20.2 Å². The van der Waals surface area contributed by atoms with Gasteiger partial charge in [0.25, 0.3) is 0 Å². The minimum absolute atomic E-state index is 0.234. The van der Waals surface area contributed by atoms with E-state index >= 15 is 0 Å². The summed E-state index contributed by atoms with van der Waals surface area (Å²) in [6.07, 6.45) is 5.00. The number of aromatic nitrogens is 2. The number of likely N-dealkylation sites (N-methyl/N-ethyl adjacent to an activating group) is 1. The number of aryl methyl sites for hydroxylation is 1. The van der Waals surface area contributed by atoms with Gasteiger partial charge in [0.2, 0.25) is 0 Å². The lowest BCUT2D eigenvalue weighted by Gasteiger charge is -2.30. The van der Waals surface area contributed by atoms with Crippen molar-refractivity contribution in [2.45, 2.75) is 45.9 Å². The molecule has 0 N–H and O–H groups in total. The number of carbonyl (C=O) groups excluding carboxylic acids is 1. The third kappa shape index (κ3) is 4.26. The molecule has 1 aromatic rings. The summed E-state index contributed by atoms with van der Waals surface area (Å²) in [5, 5.41) is 4.58. The van der Waals surface area contributed by atoms with E-state index in [-0.39, 0.29) is 12.2 Å². The van der Waals surface area contributed by atoms with Gasteiger partial charge in [-0.15, -0.1) is 0 Å². The predicted octanol–water partition coefficient (Wildman–Crippen LogP) is 3.33. The smallest absolute Gasteiger partial charge is 0.410 e. The molecule has 1 aliphatic rings. The van der Waals surface area contributed by atoms with Gasteiger partial charge in [0.05, 0.1) is 31.1 Å². The quantitative estimate of drug-likeness (QED) is 0.793. The summed E-state index contributed by atoms with van der Waals surface area (Å²) < 4.78 is 13.3. The number of amides is 1. The van der Waals surface area contributed by atoms with Gasteiger partial charge in [-0.1, -0.05) is 24.8 Å². The fourth-order valence-corrected chi connectivity index (χ4v) is 2.66. The van der Waals surface area contributed by atoms with Crippen molar-refractivity contribution in [3.63, 3.8) is 0 Å². The van der Waals surface area contributed by atoms with Crippen LogP contribution in [0.3, 0.4) is 0 Å². The first kappa shape index (κ1) is 18.3. The van der Waals surface area contributed by atoms with Gasteiger partial charge in [0.1, 0.15) is 11.7 Å². The van der Waals surface area contributed by atoms with Crippen molar-refractivity contribution < 1.29 is 14.3 Å². The fraction of sp³-hybridized carbons (Fsp3) is 0.556. The largest absolute Gasteiger partial charge is 0.444 e. The molecule has 0 bridgehead atoms. The Hall–Kier alpha value is -2.08. The molecule has 132 valence electrons. The Morgan fingerprint density at radius 3 is 2.88 bits per heavy atom. The maximum Gasteiger partial charge on any atom is 0.410 e. The lowest BCUT2D eigenvalue weighted by Crippen LogP contribution is -2.38. The molecule has 0 aromatic carbocycles. The summed E-state index contributed by atoms with van der Waals surface area (Å²) in [6.45, 7) is 12.9. The number of rotatable bonds is 4. The van der Waals surface area contributed by atoms with Gasteiger partial charge in [0, 0.05) is 12.6 Å². The molecule has 0 saturated heterocycles. The molecule has 24 heavy (non-hydrogen) atoms. The van der Waals surface area contributed by atoms with Gasteiger partial charge in [-0.2, -0.15) is 5.10 Å². The minimum atomic E-state index is -0.519.